The van der Waals surface area contributed by atoms with Gasteiger partial charge in [0.2, 0.25) is 0 Å². The molecule has 9 aromatic carbocycles. The molecule has 1 aromatic heterocycles. The Labute approximate surface area is 284 Å². The number of aromatic nitrogens is 2. The lowest BCUT2D eigenvalue weighted by Crippen LogP contribution is -2.31. The van der Waals surface area contributed by atoms with Crippen LogP contribution in [0.1, 0.15) is 0 Å². The second-order valence-electron chi connectivity index (χ2n) is 12.8. The van der Waals surface area contributed by atoms with Gasteiger partial charge in [0.15, 0.2) is 11.0 Å². The predicted octanol–water partition coefficient (Wildman–Crippen LogP) is 12.1. The third-order valence-electron chi connectivity index (χ3n) is 10.0. The van der Waals surface area contributed by atoms with Crippen LogP contribution in [0, 0.1) is 0 Å². The fourth-order valence-electron chi connectivity index (χ4n) is 7.83. The summed E-state index contributed by atoms with van der Waals surface area (Å²) in [5, 5.41) is 10.1. The fraction of sp³-hybridized carbons (Fsp3) is 0. The molecule has 0 atom stereocenters. The van der Waals surface area contributed by atoms with Crippen molar-refractivity contribution in [3.63, 3.8) is 0 Å². The van der Waals surface area contributed by atoms with Gasteiger partial charge in [0.1, 0.15) is 5.69 Å². The summed E-state index contributed by atoms with van der Waals surface area (Å²) >= 11 is 0. The highest BCUT2D eigenvalue weighted by atomic mass is 15.1. The first kappa shape index (κ1) is 27.6. The largest absolute Gasteiger partial charge is 0.292 e. The van der Waals surface area contributed by atoms with E-state index in [0.29, 0.717) is 0 Å². The van der Waals surface area contributed by atoms with Crippen LogP contribution >= 0.6 is 0 Å². The lowest BCUT2D eigenvalue weighted by atomic mass is 9.85. The van der Waals surface area contributed by atoms with Crippen LogP contribution in [-0.2, 0) is 0 Å². The zero-order chi connectivity index (χ0) is 32.3. The Morgan fingerprint density at radius 3 is 1.53 bits per heavy atom. The smallest absolute Gasteiger partial charge is 0.236 e. The Hall–Kier alpha value is -6.51. The number of aromatic amines is 1. The van der Waals surface area contributed by atoms with Gasteiger partial charge in [-0.2, -0.15) is 4.57 Å². The van der Waals surface area contributed by atoms with Crippen LogP contribution in [0.15, 0.2) is 182 Å². The Balaban J connectivity index is 1.18. The monoisotopic (exact) mass is 623 g/mol. The molecular weight excluding hydrogens is 593 g/mol. The Kier molecular flexibility index (Phi) is 6.22. The quantitative estimate of drug-likeness (QED) is 0.114. The number of H-pyrrole nitrogens is 1. The normalized spacial score (nSPS) is 11.7. The molecule has 10 rings (SSSR count). The predicted molar refractivity (Wildman–Crippen MR) is 206 cm³/mol. The van der Waals surface area contributed by atoms with Gasteiger partial charge < -0.3 is 0 Å². The van der Waals surface area contributed by atoms with Crippen LogP contribution in [0.5, 0.6) is 0 Å². The number of nitrogens with one attached hydrogen (secondary N) is 1. The highest BCUT2D eigenvalue weighted by molar-refractivity contribution is 6.22. The molecule has 2 heteroatoms. The van der Waals surface area contributed by atoms with Crippen molar-refractivity contribution in [2.75, 3.05) is 0 Å². The average Bonchev–Trinajstić information content (AvgIpc) is 3.57. The Bertz CT molecular complexity index is 2800. The molecule has 2 nitrogen and oxygen atoms in total. The second-order valence-corrected chi connectivity index (χ2v) is 12.8. The van der Waals surface area contributed by atoms with Crippen molar-refractivity contribution >= 4 is 54.1 Å². The highest BCUT2D eigenvalue weighted by Crippen LogP contribution is 2.44. The van der Waals surface area contributed by atoms with Crippen molar-refractivity contribution in [3.05, 3.63) is 182 Å². The van der Waals surface area contributed by atoms with Gasteiger partial charge in [-0.05, 0) is 108 Å². The minimum absolute atomic E-state index is 1.06. The molecule has 0 amide bonds. The summed E-state index contributed by atoms with van der Waals surface area (Å²) in [7, 11) is 0. The number of para-hydroxylation sites is 3. The van der Waals surface area contributed by atoms with Crippen molar-refractivity contribution < 1.29 is 4.57 Å². The molecule has 0 unspecified atom stereocenters. The number of hydrogen-bond acceptors (Lipinski definition) is 0. The molecule has 10 aromatic rings. The van der Waals surface area contributed by atoms with Gasteiger partial charge in [0, 0.05) is 0 Å². The third-order valence-corrected chi connectivity index (χ3v) is 10.0. The molecule has 228 valence electrons. The highest BCUT2D eigenvalue weighted by Gasteiger charge is 2.22. The molecule has 0 saturated carbocycles. The van der Waals surface area contributed by atoms with Crippen LogP contribution in [0.3, 0.4) is 0 Å². The number of hydrogen-bond donors (Lipinski definition) is 1. The van der Waals surface area contributed by atoms with E-state index >= 15 is 0 Å². The van der Waals surface area contributed by atoms with E-state index in [-0.39, 0.29) is 0 Å². The summed E-state index contributed by atoms with van der Waals surface area (Å²) in [6.45, 7) is 0. The molecule has 0 fully saturated rings. The molecule has 1 N–H and O–H groups in total. The Morgan fingerprint density at radius 1 is 0.347 bits per heavy atom. The van der Waals surface area contributed by atoms with Crippen molar-refractivity contribution in [1.29, 1.82) is 0 Å². The third kappa shape index (κ3) is 4.38. The van der Waals surface area contributed by atoms with E-state index < -0.39 is 0 Å². The molecule has 0 radical (unpaired) electrons. The van der Waals surface area contributed by atoms with Crippen molar-refractivity contribution in [2.45, 2.75) is 0 Å². The van der Waals surface area contributed by atoms with Crippen molar-refractivity contribution in [1.82, 2.24) is 4.98 Å². The molecule has 49 heavy (non-hydrogen) atoms. The van der Waals surface area contributed by atoms with Crippen LogP contribution in [0.25, 0.3) is 93.5 Å². The second kappa shape index (κ2) is 11.0. The van der Waals surface area contributed by atoms with E-state index in [1.165, 1.54) is 65.3 Å². The first-order valence-electron chi connectivity index (χ1n) is 16.9. The van der Waals surface area contributed by atoms with E-state index in [1.54, 1.807) is 0 Å². The van der Waals surface area contributed by atoms with Gasteiger partial charge in [0.25, 0.3) is 5.82 Å². The summed E-state index contributed by atoms with van der Waals surface area (Å²) in [5.74, 6) is 1.06. The van der Waals surface area contributed by atoms with Gasteiger partial charge in [-0.3, -0.25) is 0 Å². The Morgan fingerprint density at radius 2 is 0.837 bits per heavy atom. The van der Waals surface area contributed by atoms with Crippen LogP contribution in [0.4, 0.5) is 0 Å². The number of benzene rings is 9. The van der Waals surface area contributed by atoms with Gasteiger partial charge in [0.05, 0.1) is 5.56 Å². The van der Waals surface area contributed by atoms with Gasteiger partial charge >= 0.3 is 0 Å². The topological polar surface area (TPSA) is 19.7 Å². The number of imidazole rings is 1. The van der Waals surface area contributed by atoms with Gasteiger partial charge in [-0.15, -0.1) is 0 Å². The maximum Gasteiger partial charge on any atom is 0.292 e. The summed E-state index contributed by atoms with van der Waals surface area (Å²) in [5.41, 5.74) is 9.52. The minimum Gasteiger partial charge on any atom is -0.236 e. The maximum atomic E-state index is 3.71. The van der Waals surface area contributed by atoms with Gasteiger partial charge in [-0.1, -0.05) is 140 Å². The summed E-state index contributed by atoms with van der Waals surface area (Å²) in [4.78, 5) is 3.71. The van der Waals surface area contributed by atoms with Crippen molar-refractivity contribution in [2.24, 2.45) is 0 Å². The van der Waals surface area contributed by atoms with E-state index in [1.807, 2.05) is 0 Å². The molecule has 1 heterocycles. The summed E-state index contributed by atoms with van der Waals surface area (Å²) in [6.07, 6.45) is 0. The zero-order valence-corrected chi connectivity index (χ0v) is 26.8. The summed E-state index contributed by atoms with van der Waals surface area (Å²) in [6, 6.07) is 66.1. The summed E-state index contributed by atoms with van der Waals surface area (Å²) < 4.78 is 2.32. The lowest BCUT2D eigenvalue weighted by Gasteiger charge is -2.18. The maximum absolute atomic E-state index is 3.71. The molecule has 0 spiro atoms. The van der Waals surface area contributed by atoms with E-state index in [2.05, 4.69) is 192 Å². The van der Waals surface area contributed by atoms with Crippen LogP contribution < -0.4 is 4.57 Å². The average molecular weight is 624 g/mol. The first-order valence-corrected chi connectivity index (χ1v) is 16.9. The molecular formula is C47H31N2+. The zero-order valence-electron chi connectivity index (χ0n) is 26.8. The van der Waals surface area contributed by atoms with Crippen molar-refractivity contribution in [3.8, 4) is 39.3 Å². The molecule has 0 aliphatic carbocycles. The number of nitrogens with zero attached hydrogens (tertiary/aromatic N) is 1. The molecule has 0 saturated heterocycles. The molecule has 0 aliphatic rings. The number of fused-ring (bicyclic) bond motifs is 6. The first-order chi connectivity index (χ1) is 24.3. The fourth-order valence-corrected chi connectivity index (χ4v) is 7.83. The lowest BCUT2D eigenvalue weighted by molar-refractivity contribution is -0.554. The van der Waals surface area contributed by atoms with E-state index in [9.17, 15) is 0 Å². The molecule has 0 aliphatic heterocycles. The van der Waals surface area contributed by atoms with E-state index in [4.69, 9.17) is 0 Å². The minimum atomic E-state index is 1.06. The van der Waals surface area contributed by atoms with Gasteiger partial charge in [-0.25, -0.2) is 4.98 Å². The SMILES string of the molecule is c1ccc(-[n+]2c(-c3ccc(-c4c5ccccc5c(-c5ccc6ccc7ccccc7c6c5)c5ccccc45)cc3)[nH]c3ccccc32)cc1. The van der Waals surface area contributed by atoms with Crippen LogP contribution in [-0.4, -0.2) is 4.98 Å². The van der Waals surface area contributed by atoms with E-state index in [0.717, 1.165) is 28.1 Å². The van der Waals surface area contributed by atoms with Crippen LogP contribution in [0.2, 0.25) is 0 Å². The molecule has 0 bridgehead atoms. The number of rotatable bonds is 4. The standard InChI is InChI=1S/C47H30N2/c1-2-13-36(14-3-1)49-44-21-11-10-20-43(44)48-47(49)34-27-25-33(26-28-34)45-38-16-6-8-18-40(38)46(41-19-9-7-17-39(41)45)35-29-24-32-23-22-31-12-4-5-15-37(31)42(32)30-35/h1-30H/p+1.